The third kappa shape index (κ3) is 28.6. The van der Waals surface area contributed by atoms with Gasteiger partial charge in [-0.05, 0) is 70.3 Å². The predicted molar refractivity (Wildman–Crippen MR) is 250 cm³/mol. The van der Waals surface area contributed by atoms with Crippen LogP contribution in [0.15, 0.2) is 9.98 Å². The summed E-state index contributed by atoms with van der Waals surface area (Å²) < 4.78 is 0. The molecule has 0 aliphatic carbocycles. The Morgan fingerprint density at radius 3 is 1.14 bits per heavy atom. The molecule has 0 saturated carbocycles. The first kappa shape index (κ1) is 63.5. The van der Waals surface area contributed by atoms with Crippen molar-refractivity contribution in [1.29, 1.82) is 0 Å². The van der Waals surface area contributed by atoms with E-state index in [4.69, 9.17) is 38.9 Å². The minimum absolute atomic E-state index is 0.00506. The molecule has 71 heavy (non-hydrogen) atoms. The van der Waals surface area contributed by atoms with Gasteiger partial charge in [-0.3, -0.25) is 62.7 Å². The molecule has 0 aliphatic rings. The molecule has 31 nitrogen and oxygen atoms in total. The van der Waals surface area contributed by atoms with E-state index in [2.05, 4.69) is 41.9 Å². The number of thioether (sulfide) groups is 1. The number of carboxylic acids is 5. The molecule has 0 aromatic carbocycles. The average molecular weight is 1040 g/mol. The van der Waals surface area contributed by atoms with Gasteiger partial charge in [0.15, 0.2) is 11.9 Å². The summed E-state index contributed by atoms with van der Waals surface area (Å²) in [5.74, 6) is -15.1. The molecular formula is C39H66N14O17S. The van der Waals surface area contributed by atoms with Gasteiger partial charge >= 0.3 is 29.8 Å². The van der Waals surface area contributed by atoms with Crippen LogP contribution in [0.4, 0.5) is 0 Å². The first-order chi connectivity index (χ1) is 33.2. The highest BCUT2D eigenvalue weighted by Gasteiger charge is 2.34. The van der Waals surface area contributed by atoms with Crippen molar-refractivity contribution in [2.24, 2.45) is 38.7 Å². The Morgan fingerprint density at radius 1 is 0.451 bits per heavy atom. The van der Waals surface area contributed by atoms with E-state index in [1.807, 2.05) is 5.32 Å². The summed E-state index contributed by atoms with van der Waals surface area (Å²) in [6, 6.07) is -12.7. The molecule has 0 aromatic heterocycles. The van der Waals surface area contributed by atoms with E-state index in [9.17, 15) is 72.9 Å². The van der Waals surface area contributed by atoms with Gasteiger partial charge in [0, 0.05) is 32.4 Å². The van der Waals surface area contributed by atoms with Gasteiger partial charge in [0.05, 0.1) is 12.5 Å². The summed E-state index contributed by atoms with van der Waals surface area (Å²) in [4.78, 5) is 159. The van der Waals surface area contributed by atoms with E-state index >= 15 is 0 Å². The normalized spacial score (nSPS) is 14.1. The third-order valence-corrected chi connectivity index (χ3v) is 10.4. The number of hydrogen-bond acceptors (Lipinski definition) is 16. The standard InChI is InChI=1S/C39H66N14O17S/c1-18(30(62)53-25(37(69)70)17-29(60)61)47-32(64)20(5-3-14-45-38(41)42)49-33(65)21(6-4-15-46-39(43)44)50-35(67)23(9-12-28(58)59)51-36(68)24(13-16-71-2)52-34(66)22(8-11-27(56)57)48-31(63)19(40)7-10-26(54)55/h18-25H,3-17,40H2,1-2H3,(H,47,64)(H,48,63)(H,49,65)(H,50,67)(H,51,68)(H,52,66)(H,53,62)(H,54,55)(H,56,57)(H,58,59)(H,60,61)(H,69,70)(H4,41,42,45)(H4,43,44,46)/t18-,19-,20-,21-,22-,23-,24-,25-/m0/s1. The lowest BCUT2D eigenvalue weighted by Gasteiger charge is -2.27. The van der Waals surface area contributed by atoms with E-state index in [1.54, 1.807) is 6.26 Å². The monoisotopic (exact) mass is 1030 g/mol. The van der Waals surface area contributed by atoms with Gasteiger partial charge in [0.25, 0.3) is 0 Å². The van der Waals surface area contributed by atoms with Gasteiger partial charge in [-0.2, -0.15) is 11.8 Å². The number of carbonyl (C=O) groups is 12. The van der Waals surface area contributed by atoms with Crippen molar-refractivity contribution in [2.45, 2.75) is 132 Å². The summed E-state index contributed by atoms with van der Waals surface area (Å²) in [5.41, 5.74) is 27.4. The van der Waals surface area contributed by atoms with Gasteiger partial charge in [0.2, 0.25) is 41.4 Å². The van der Waals surface area contributed by atoms with Crippen LogP contribution in [0.5, 0.6) is 0 Å². The van der Waals surface area contributed by atoms with Crippen molar-refractivity contribution in [1.82, 2.24) is 37.2 Å². The highest BCUT2D eigenvalue weighted by atomic mass is 32.2. The zero-order valence-corrected chi connectivity index (χ0v) is 39.9. The molecule has 0 aromatic rings. The van der Waals surface area contributed by atoms with Crippen LogP contribution in [0.25, 0.3) is 0 Å². The van der Waals surface area contributed by atoms with E-state index in [1.165, 1.54) is 11.8 Å². The number of carboxylic acid groups (broad SMARTS) is 5. The maximum absolute atomic E-state index is 14.0. The molecule has 7 amide bonds. The average Bonchev–Trinajstić information content (AvgIpc) is 3.27. The van der Waals surface area contributed by atoms with Crippen molar-refractivity contribution < 1.29 is 83.1 Å². The molecule has 8 atom stereocenters. The van der Waals surface area contributed by atoms with Crippen LogP contribution in [0, 0.1) is 0 Å². The second-order valence-electron chi connectivity index (χ2n) is 15.6. The van der Waals surface area contributed by atoms with Gasteiger partial charge in [-0.15, -0.1) is 0 Å². The fourth-order valence-electron chi connectivity index (χ4n) is 5.95. The van der Waals surface area contributed by atoms with Gasteiger partial charge in [0.1, 0.15) is 42.3 Å². The lowest BCUT2D eigenvalue weighted by atomic mass is 10.0. The Bertz CT molecular complexity index is 1950. The van der Waals surface area contributed by atoms with Crippen LogP contribution >= 0.6 is 11.8 Å². The van der Waals surface area contributed by atoms with Crippen molar-refractivity contribution in [3.63, 3.8) is 0 Å². The molecule has 0 aliphatic heterocycles. The quantitative estimate of drug-likeness (QED) is 0.0156. The van der Waals surface area contributed by atoms with E-state index in [0.717, 1.165) is 6.92 Å². The van der Waals surface area contributed by atoms with Crippen LogP contribution in [0.3, 0.4) is 0 Å². The second-order valence-corrected chi connectivity index (χ2v) is 16.6. The lowest BCUT2D eigenvalue weighted by Crippen LogP contribution is -2.60. The topological polar surface area (TPSA) is 545 Å². The van der Waals surface area contributed by atoms with Crippen LogP contribution in [-0.4, -0.2) is 182 Å². The number of hydrogen-bond donors (Lipinski definition) is 17. The molecule has 0 unspecified atom stereocenters. The van der Waals surface area contributed by atoms with E-state index < -0.39 is 158 Å². The van der Waals surface area contributed by atoms with Crippen LogP contribution in [-0.2, 0) is 57.5 Å². The van der Waals surface area contributed by atoms with Crippen molar-refractivity contribution in [3.05, 3.63) is 0 Å². The zero-order valence-electron chi connectivity index (χ0n) is 39.0. The Balaban J connectivity index is 6.81. The molecule has 400 valence electrons. The Morgan fingerprint density at radius 2 is 0.789 bits per heavy atom. The fraction of sp³-hybridized carbons (Fsp3) is 0.641. The van der Waals surface area contributed by atoms with E-state index in [0.29, 0.717) is 0 Å². The molecule has 0 heterocycles. The number of aliphatic carboxylic acids is 5. The number of amides is 7. The summed E-state index contributed by atoms with van der Waals surface area (Å²) in [5, 5.41) is 62.3. The number of guanidine groups is 2. The Hall–Kier alpha value is -7.51. The number of nitrogens with zero attached hydrogens (tertiary/aromatic N) is 2. The molecule has 0 radical (unpaired) electrons. The number of nitrogens with one attached hydrogen (secondary N) is 7. The van der Waals surface area contributed by atoms with Gasteiger partial charge < -0.3 is 91.4 Å². The number of nitrogens with two attached hydrogens (primary N) is 5. The van der Waals surface area contributed by atoms with Crippen LogP contribution in [0.2, 0.25) is 0 Å². The zero-order chi connectivity index (χ0) is 54.4. The fourth-order valence-corrected chi connectivity index (χ4v) is 6.42. The summed E-state index contributed by atoms with van der Waals surface area (Å²) in [6.45, 7) is 0.990. The number of carbonyl (C=O) groups excluding carboxylic acids is 7. The smallest absolute Gasteiger partial charge is 0.326 e. The first-order valence-corrected chi connectivity index (χ1v) is 23.2. The lowest BCUT2D eigenvalue weighted by molar-refractivity contribution is -0.147. The molecule has 0 spiro atoms. The minimum atomic E-state index is -1.87. The number of rotatable bonds is 37. The Labute approximate surface area is 410 Å². The molecule has 22 N–H and O–H groups in total. The highest BCUT2D eigenvalue weighted by Crippen LogP contribution is 2.10. The summed E-state index contributed by atoms with van der Waals surface area (Å²) in [7, 11) is 0. The van der Waals surface area contributed by atoms with Crippen molar-refractivity contribution in [3.8, 4) is 0 Å². The molecule has 0 rings (SSSR count). The van der Waals surface area contributed by atoms with Crippen LogP contribution < -0.4 is 65.9 Å². The third-order valence-electron chi connectivity index (χ3n) is 9.71. The maximum Gasteiger partial charge on any atom is 0.326 e. The first-order valence-electron chi connectivity index (χ1n) is 21.8. The van der Waals surface area contributed by atoms with Crippen molar-refractivity contribution >= 4 is 94.9 Å². The summed E-state index contributed by atoms with van der Waals surface area (Å²) in [6.07, 6.45) is -3.21. The molecule has 0 saturated heterocycles. The van der Waals surface area contributed by atoms with Gasteiger partial charge in [-0.25, -0.2) is 4.79 Å². The predicted octanol–water partition coefficient (Wildman–Crippen LogP) is -6.26. The van der Waals surface area contributed by atoms with Gasteiger partial charge in [-0.1, -0.05) is 0 Å². The second kappa shape index (κ2) is 33.9. The molecule has 0 bridgehead atoms. The van der Waals surface area contributed by atoms with Crippen molar-refractivity contribution in [2.75, 3.05) is 25.1 Å². The largest absolute Gasteiger partial charge is 0.481 e. The molecular weight excluding hydrogens is 969 g/mol. The maximum atomic E-state index is 14.0. The van der Waals surface area contributed by atoms with Crippen LogP contribution in [0.1, 0.15) is 84.0 Å². The Kier molecular flexibility index (Phi) is 30.3. The number of aliphatic imine (C=N–C) groups is 2. The minimum Gasteiger partial charge on any atom is -0.481 e. The molecule has 0 fully saturated rings. The van der Waals surface area contributed by atoms with E-state index in [-0.39, 0.29) is 69.3 Å². The SMILES string of the molecule is CSCC[C@H](NC(=O)[C@H](CCC(=O)O)NC(=O)[C@@H](N)CCC(=O)O)C(=O)N[C@@H](CCC(=O)O)C(=O)N[C@@H](CCCN=C(N)N)C(=O)N[C@@H](CCCN=C(N)N)C(=O)N[C@@H](C)C(=O)N[C@@H](CC(=O)O)C(=O)O. The highest BCUT2D eigenvalue weighted by molar-refractivity contribution is 7.98. The summed E-state index contributed by atoms with van der Waals surface area (Å²) >= 11 is 1.23. The molecule has 32 heteroatoms.